The number of piperidine rings is 1. The van der Waals surface area contributed by atoms with Gasteiger partial charge < -0.3 is 14.8 Å². The third kappa shape index (κ3) is 4.33. The maximum atomic E-state index is 13.1. The van der Waals surface area contributed by atoms with Crippen molar-refractivity contribution in [3.63, 3.8) is 0 Å². The van der Waals surface area contributed by atoms with Crippen molar-refractivity contribution >= 4 is 11.8 Å². The van der Waals surface area contributed by atoms with Crippen LogP contribution in [0.2, 0.25) is 0 Å². The second-order valence-electron chi connectivity index (χ2n) is 9.24. The van der Waals surface area contributed by atoms with Crippen molar-refractivity contribution in [1.29, 1.82) is 0 Å². The van der Waals surface area contributed by atoms with Gasteiger partial charge >= 0.3 is 0 Å². The monoisotopic (exact) mass is 434 g/mol. The highest BCUT2D eigenvalue weighted by Crippen LogP contribution is 2.33. The Labute approximate surface area is 187 Å². The summed E-state index contributed by atoms with van der Waals surface area (Å²) in [6, 6.07) is 9.82. The number of likely N-dealkylation sites (tertiary alicyclic amines) is 1. The largest absolute Gasteiger partial charge is 0.336 e. The Bertz CT molecular complexity index is 1060. The summed E-state index contributed by atoms with van der Waals surface area (Å²) >= 11 is 0. The van der Waals surface area contributed by atoms with Gasteiger partial charge in [0.15, 0.2) is 0 Å². The van der Waals surface area contributed by atoms with Crippen molar-refractivity contribution in [1.82, 2.24) is 19.8 Å². The number of H-pyrrole nitrogens is 1. The molecule has 168 valence electrons. The normalized spacial score (nSPS) is 20.7. The van der Waals surface area contributed by atoms with E-state index in [0.29, 0.717) is 56.0 Å². The number of carbonyl (C=O) groups excluding carboxylic acids is 2. The van der Waals surface area contributed by atoms with Crippen LogP contribution in [0.4, 0.5) is 0 Å². The number of hydrogen-bond acceptors (Lipinski definition) is 4. The maximum absolute atomic E-state index is 13.1. The predicted molar refractivity (Wildman–Crippen MR) is 120 cm³/mol. The molecule has 5 rings (SSSR count). The SMILES string of the molecule is O=C(C1CC1)N1CCc2c(nc([C@@H]3CCCCN3C(=O)CCc3ccccc3)[nH]c2=O)C1. The fourth-order valence-electron chi connectivity index (χ4n) is 4.95. The van der Waals surface area contributed by atoms with Crippen LogP contribution >= 0.6 is 0 Å². The Kier molecular flexibility index (Phi) is 5.81. The van der Waals surface area contributed by atoms with Gasteiger partial charge in [0.1, 0.15) is 5.82 Å². The molecule has 2 amide bonds. The van der Waals surface area contributed by atoms with Crippen LogP contribution in [0.1, 0.15) is 67.2 Å². The van der Waals surface area contributed by atoms with Crippen LogP contribution in [-0.2, 0) is 29.0 Å². The fraction of sp³-hybridized carbons (Fsp3) is 0.520. The zero-order valence-electron chi connectivity index (χ0n) is 18.4. The van der Waals surface area contributed by atoms with Gasteiger partial charge in [0.25, 0.3) is 5.56 Å². The lowest BCUT2D eigenvalue weighted by Crippen LogP contribution is -2.42. The smallest absolute Gasteiger partial charge is 0.254 e. The molecule has 32 heavy (non-hydrogen) atoms. The lowest BCUT2D eigenvalue weighted by molar-refractivity contribution is -0.135. The van der Waals surface area contributed by atoms with Crippen molar-refractivity contribution < 1.29 is 9.59 Å². The van der Waals surface area contributed by atoms with Gasteiger partial charge in [-0.25, -0.2) is 4.98 Å². The van der Waals surface area contributed by atoms with E-state index in [0.717, 1.165) is 37.7 Å². The van der Waals surface area contributed by atoms with E-state index in [1.807, 2.05) is 40.1 Å². The number of benzene rings is 1. The number of rotatable bonds is 5. The molecule has 3 heterocycles. The maximum Gasteiger partial charge on any atom is 0.254 e. The Morgan fingerprint density at radius 1 is 1.06 bits per heavy atom. The number of hydrogen-bond donors (Lipinski definition) is 1. The number of fused-ring (bicyclic) bond motifs is 1. The van der Waals surface area contributed by atoms with Crippen LogP contribution < -0.4 is 5.56 Å². The van der Waals surface area contributed by atoms with E-state index in [4.69, 9.17) is 4.98 Å². The van der Waals surface area contributed by atoms with Gasteiger partial charge in [-0.2, -0.15) is 0 Å². The Morgan fingerprint density at radius 2 is 1.88 bits per heavy atom. The summed E-state index contributed by atoms with van der Waals surface area (Å²) in [6.45, 7) is 1.67. The van der Waals surface area contributed by atoms with Gasteiger partial charge in [-0.3, -0.25) is 14.4 Å². The van der Waals surface area contributed by atoms with Gasteiger partial charge in [0.2, 0.25) is 11.8 Å². The van der Waals surface area contributed by atoms with Crippen molar-refractivity contribution in [2.24, 2.45) is 5.92 Å². The van der Waals surface area contributed by atoms with Crippen molar-refractivity contribution in [3.05, 3.63) is 63.3 Å². The van der Waals surface area contributed by atoms with E-state index in [2.05, 4.69) is 4.98 Å². The molecule has 1 aliphatic carbocycles. The van der Waals surface area contributed by atoms with Crippen molar-refractivity contribution in [3.8, 4) is 0 Å². The fourth-order valence-corrected chi connectivity index (χ4v) is 4.95. The average molecular weight is 435 g/mol. The summed E-state index contributed by atoms with van der Waals surface area (Å²) in [5.41, 5.74) is 2.42. The first-order chi connectivity index (χ1) is 15.6. The molecule has 0 radical (unpaired) electrons. The number of aryl methyl sites for hydroxylation is 1. The third-order valence-corrected chi connectivity index (χ3v) is 6.94. The van der Waals surface area contributed by atoms with E-state index in [-0.39, 0.29) is 29.3 Å². The van der Waals surface area contributed by atoms with E-state index in [1.165, 1.54) is 0 Å². The number of carbonyl (C=O) groups is 2. The predicted octanol–water partition coefficient (Wildman–Crippen LogP) is 2.75. The molecule has 7 heteroatoms. The summed E-state index contributed by atoms with van der Waals surface area (Å²) in [5.74, 6) is 1.02. The summed E-state index contributed by atoms with van der Waals surface area (Å²) in [4.78, 5) is 50.0. The van der Waals surface area contributed by atoms with Crippen LogP contribution in [0.3, 0.4) is 0 Å². The minimum Gasteiger partial charge on any atom is -0.336 e. The van der Waals surface area contributed by atoms with E-state index in [9.17, 15) is 14.4 Å². The van der Waals surface area contributed by atoms with Crippen LogP contribution in [-0.4, -0.2) is 44.7 Å². The Hall–Kier alpha value is -2.96. The van der Waals surface area contributed by atoms with Crippen molar-refractivity contribution in [2.45, 2.75) is 64.0 Å². The van der Waals surface area contributed by atoms with Crippen molar-refractivity contribution in [2.75, 3.05) is 13.1 Å². The molecule has 2 aliphatic heterocycles. The second-order valence-corrected chi connectivity index (χ2v) is 9.24. The first kappa shape index (κ1) is 20.9. The van der Waals surface area contributed by atoms with Gasteiger partial charge in [0.05, 0.1) is 18.3 Å². The van der Waals surface area contributed by atoms with E-state index < -0.39 is 0 Å². The molecular formula is C25H30N4O3. The van der Waals surface area contributed by atoms with Gasteiger partial charge in [0, 0.05) is 31.0 Å². The third-order valence-electron chi connectivity index (χ3n) is 6.94. The molecule has 2 aromatic rings. The van der Waals surface area contributed by atoms with Crippen LogP contribution in [0.15, 0.2) is 35.1 Å². The molecule has 1 N–H and O–H groups in total. The summed E-state index contributed by atoms with van der Waals surface area (Å²) in [6.07, 6.45) is 6.39. The standard InChI is InChI=1S/C25H30N4O3/c30-22(12-9-17-6-2-1-3-7-17)29-14-5-4-8-21(29)23-26-20-16-28(25(32)18-10-11-18)15-13-19(20)24(31)27-23/h1-3,6-7,18,21H,4-5,8-16H2,(H,26,27,31)/t21-/m0/s1. The summed E-state index contributed by atoms with van der Waals surface area (Å²) < 4.78 is 0. The van der Waals surface area contributed by atoms with E-state index >= 15 is 0 Å². The molecule has 1 atom stereocenters. The number of nitrogens with one attached hydrogen (secondary N) is 1. The van der Waals surface area contributed by atoms with Gasteiger partial charge in [-0.15, -0.1) is 0 Å². The highest BCUT2D eigenvalue weighted by Gasteiger charge is 2.36. The topological polar surface area (TPSA) is 86.4 Å². The molecule has 3 aliphatic rings. The van der Waals surface area contributed by atoms with Crippen LogP contribution in [0, 0.1) is 5.92 Å². The van der Waals surface area contributed by atoms with Gasteiger partial charge in [-0.1, -0.05) is 30.3 Å². The molecule has 1 aromatic carbocycles. The van der Waals surface area contributed by atoms with E-state index in [1.54, 1.807) is 0 Å². The summed E-state index contributed by atoms with van der Waals surface area (Å²) in [5, 5.41) is 0. The Morgan fingerprint density at radius 3 is 2.66 bits per heavy atom. The zero-order valence-corrected chi connectivity index (χ0v) is 18.4. The van der Waals surface area contributed by atoms with Crippen LogP contribution in [0.5, 0.6) is 0 Å². The molecule has 0 unspecified atom stereocenters. The molecule has 0 spiro atoms. The number of aromatic nitrogens is 2. The lowest BCUT2D eigenvalue weighted by atomic mass is 9.99. The average Bonchev–Trinajstić information content (AvgIpc) is 3.68. The number of aromatic amines is 1. The molecular weight excluding hydrogens is 404 g/mol. The molecule has 1 saturated heterocycles. The zero-order chi connectivity index (χ0) is 22.1. The molecule has 7 nitrogen and oxygen atoms in total. The highest BCUT2D eigenvalue weighted by atomic mass is 16.2. The second kappa shape index (κ2) is 8.88. The quantitative estimate of drug-likeness (QED) is 0.784. The first-order valence-electron chi connectivity index (χ1n) is 11.8. The summed E-state index contributed by atoms with van der Waals surface area (Å²) in [7, 11) is 0. The molecule has 0 bridgehead atoms. The molecule has 2 fully saturated rings. The highest BCUT2D eigenvalue weighted by molar-refractivity contribution is 5.81. The minimum atomic E-state index is -0.209. The molecule has 1 aromatic heterocycles. The molecule has 1 saturated carbocycles. The lowest BCUT2D eigenvalue weighted by Gasteiger charge is -2.36. The number of amides is 2. The first-order valence-corrected chi connectivity index (χ1v) is 11.8. The minimum absolute atomic E-state index is 0.101. The number of nitrogens with zero attached hydrogens (tertiary/aromatic N) is 3. The Balaban J connectivity index is 1.34. The van der Waals surface area contributed by atoms with Gasteiger partial charge in [-0.05, 0) is 50.5 Å². The van der Waals surface area contributed by atoms with Crippen LogP contribution in [0.25, 0.3) is 0 Å².